The van der Waals surface area contributed by atoms with Crippen LogP contribution >= 0.6 is 11.6 Å². The Bertz CT molecular complexity index is 614. The zero-order chi connectivity index (χ0) is 15.1. The average Bonchev–Trinajstić information content (AvgIpc) is 2.88. The number of fused-ring (bicyclic) bond motifs is 3. The minimum Gasteiger partial charge on any atom is -0.458 e. The van der Waals surface area contributed by atoms with Gasteiger partial charge in [-0.3, -0.25) is 9.59 Å². The van der Waals surface area contributed by atoms with E-state index in [2.05, 4.69) is 5.32 Å². The summed E-state index contributed by atoms with van der Waals surface area (Å²) in [6, 6.07) is 3.77. The molecule has 1 aliphatic heterocycles. The third-order valence-corrected chi connectivity index (χ3v) is 4.79. The number of nitrogens with one attached hydrogen (secondary N) is 1. The summed E-state index contributed by atoms with van der Waals surface area (Å²) < 4.78 is 5.19. The summed E-state index contributed by atoms with van der Waals surface area (Å²) in [7, 11) is 0. The quantitative estimate of drug-likeness (QED) is 0.846. The van der Waals surface area contributed by atoms with Crippen LogP contribution in [0.4, 0.5) is 5.69 Å². The molecule has 1 N–H and O–H groups in total. The van der Waals surface area contributed by atoms with Crippen LogP contribution in [0.2, 0.25) is 5.02 Å². The minimum atomic E-state index is -0.432. The summed E-state index contributed by atoms with van der Waals surface area (Å²) in [5.41, 5.74) is 2.64. The van der Waals surface area contributed by atoms with E-state index in [1.165, 1.54) is 6.92 Å². The highest BCUT2D eigenvalue weighted by Gasteiger charge is 2.39. The van der Waals surface area contributed by atoms with Gasteiger partial charge in [0.2, 0.25) is 5.91 Å². The van der Waals surface area contributed by atoms with Gasteiger partial charge >= 0.3 is 5.97 Å². The lowest BCUT2D eigenvalue weighted by Crippen LogP contribution is -2.30. The number of rotatable bonds is 2. The summed E-state index contributed by atoms with van der Waals surface area (Å²) in [6.07, 6.45) is 2.61. The van der Waals surface area contributed by atoms with Crippen LogP contribution in [-0.4, -0.2) is 11.9 Å². The van der Waals surface area contributed by atoms with Gasteiger partial charge < -0.3 is 10.1 Å². The van der Waals surface area contributed by atoms with E-state index in [1.807, 2.05) is 12.1 Å². The Kier molecular flexibility index (Phi) is 3.66. The number of halogens is 1. The molecule has 1 saturated carbocycles. The fourth-order valence-corrected chi connectivity index (χ4v) is 3.84. The molecule has 0 aromatic heterocycles. The maximum atomic E-state index is 12.2. The second-order valence-electron chi connectivity index (χ2n) is 5.85. The molecule has 3 atom stereocenters. The Morgan fingerprint density at radius 3 is 2.81 bits per heavy atom. The van der Waals surface area contributed by atoms with E-state index in [0.717, 1.165) is 36.1 Å². The Balaban J connectivity index is 1.99. The predicted molar refractivity (Wildman–Crippen MR) is 80.3 cm³/mol. The van der Waals surface area contributed by atoms with Crippen LogP contribution in [0.3, 0.4) is 0 Å². The summed E-state index contributed by atoms with van der Waals surface area (Å²) in [4.78, 5) is 23.2. The van der Waals surface area contributed by atoms with Crippen molar-refractivity contribution in [2.24, 2.45) is 5.92 Å². The summed E-state index contributed by atoms with van der Waals surface area (Å²) in [6.45, 7) is 3.14. The maximum Gasteiger partial charge on any atom is 0.303 e. The second kappa shape index (κ2) is 5.34. The van der Waals surface area contributed by atoms with E-state index in [1.54, 1.807) is 6.92 Å². The van der Waals surface area contributed by atoms with Gasteiger partial charge in [-0.05, 0) is 43.4 Å². The normalized spacial score (nSPS) is 24.8. The Morgan fingerprint density at radius 2 is 2.10 bits per heavy atom. The number of ether oxygens (including phenoxy) is 1. The van der Waals surface area contributed by atoms with Gasteiger partial charge in [0.15, 0.2) is 0 Å². The Hall–Kier alpha value is -1.55. The summed E-state index contributed by atoms with van der Waals surface area (Å²) in [5.74, 6) is 0.0873. The third-order valence-electron chi connectivity index (χ3n) is 4.46. The molecule has 1 aliphatic carbocycles. The van der Waals surface area contributed by atoms with Gasteiger partial charge in [-0.15, -0.1) is 0 Å². The fourth-order valence-electron chi connectivity index (χ4n) is 3.52. The smallest absolute Gasteiger partial charge is 0.303 e. The van der Waals surface area contributed by atoms with Crippen molar-refractivity contribution in [3.8, 4) is 0 Å². The molecule has 0 bridgehead atoms. The number of hydrogen-bond acceptors (Lipinski definition) is 3. The lowest BCUT2D eigenvalue weighted by Gasteiger charge is -2.29. The molecule has 0 spiro atoms. The highest BCUT2D eigenvalue weighted by Crippen LogP contribution is 2.47. The number of carbonyl (C=O) groups excluding carboxylic acids is 2. The number of anilines is 1. The van der Waals surface area contributed by atoms with Gasteiger partial charge in [0, 0.05) is 29.1 Å². The molecule has 1 aromatic rings. The number of amides is 1. The van der Waals surface area contributed by atoms with Crippen molar-refractivity contribution < 1.29 is 14.3 Å². The molecular formula is C16H18ClNO3. The molecule has 1 amide bonds. The summed E-state index contributed by atoms with van der Waals surface area (Å²) in [5, 5.41) is 3.56. The first-order chi connectivity index (χ1) is 9.97. The van der Waals surface area contributed by atoms with E-state index >= 15 is 0 Å². The fraction of sp³-hybridized carbons (Fsp3) is 0.500. The van der Waals surface area contributed by atoms with Gasteiger partial charge in [0.1, 0.15) is 6.10 Å². The Morgan fingerprint density at radius 1 is 1.38 bits per heavy atom. The van der Waals surface area contributed by atoms with Crippen LogP contribution in [0.15, 0.2) is 12.1 Å². The predicted octanol–water partition coefficient (Wildman–Crippen LogP) is 3.80. The first-order valence-electron chi connectivity index (χ1n) is 7.28. The SMILES string of the molecule is CC(=O)OC(C)c1cc2c(cc1Cl)C1CCCC1C(=O)N2. The molecule has 3 unspecified atom stereocenters. The van der Waals surface area contributed by atoms with Crippen molar-refractivity contribution in [2.45, 2.75) is 45.1 Å². The van der Waals surface area contributed by atoms with Crippen molar-refractivity contribution in [2.75, 3.05) is 5.32 Å². The van der Waals surface area contributed by atoms with Gasteiger partial charge in [-0.25, -0.2) is 0 Å². The van der Waals surface area contributed by atoms with Gasteiger partial charge in [-0.2, -0.15) is 0 Å². The van der Waals surface area contributed by atoms with E-state index < -0.39 is 6.10 Å². The lowest BCUT2D eigenvalue weighted by molar-refractivity contribution is -0.145. The number of benzene rings is 1. The number of esters is 1. The first kappa shape index (κ1) is 14.4. The van der Waals surface area contributed by atoms with Crippen LogP contribution in [0.5, 0.6) is 0 Å². The molecule has 5 heteroatoms. The molecule has 1 fully saturated rings. The average molecular weight is 308 g/mol. The van der Waals surface area contributed by atoms with Crippen molar-refractivity contribution in [1.82, 2.24) is 0 Å². The van der Waals surface area contributed by atoms with Crippen LogP contribution in [-0.2, 0) is 14.3 Å². The molecule has 4 nitrogen and oxygen atoms in total. The molecule has 3 rings (SSSR count). The topological polar surface area (TPSA) is 55.4 Å². The van der Waals surface area contributed by atoms with E-state index in [0.29, 0.717) is 5.02 Å². The van der Waals surface area contributed by atoms with Gasteiger partial charge in [-0.1, -0.05) is 18.0 Å². The van der Waals surface area contributed by atoms with E-state index in [4.69, 9.17) is 16.3 Å². The third kappa shape index (κ3) is 2.53. The van der Waals surface area contributed by atoms with Crippen molar-refractivity contribution >= 4 is 29.2 Å². The highest BCUT2D eigenvalue weighted by atomic mass is 35.5. The van der Waals surface area contributed by atoms with Crippen LogP contribution in [0, 0.1) is 5.92 Å². The number of hydrogen-bond donors (Lipinski definition) is 1. The molecule has 2 aliphatic rings. The maximum absolute atomic E-state index is 12.2. The zero-order valence-electron chi connectivity index (χ0n) is 12.1. The van der Waals surface area contributed by atoms with Gasteiger partial charge in [0.25, 0.3) is 0 Å². The molecular weight excluding hydrogens is 290 g/mol. The zero-order valence-corrected chi connectivity index (χ0v) is 12.9. The molecule has 1 heterocycles. The molecule has 21 heavy (non-hydrogen) atoms. The molecule has 0 saturated heterocycles. The summed E-state index contributed by atoms with van der Waals surface area (Å²) >= 11 is 6.36. The lowest BCUT2D eigenvalue weighted by atomic mass is 9.83. The first-order valence-corrected chi connectivity index (χ1v) is 7.66. The van der Waals surface area contributed by atoms with Crippen molar-refractivity contribution in [3.63, 3.8) is 0 Å². The molecule has 1 aromatic carbocycles. The van der Waals surface area contributed by atoms with Crippen molar-refractivity contribution in [1.29, 1.82) is 0 Å². The van der Waals surface area contributed by atoms with Crippen LogP contribution < -0.4 is 5.32 Å². The van der Waals surface area contributed by atoms with E-state index in [-0.39, 0.29) is 23.7 Å². The number of carbonyl (C=O) groups is 2. The molecule has 0 radical (unpaired) electrons. The standard InChI is InChI=1S/C16H18ClNO3/c1-8(21-9(2)19)12-7-15-13(6-14(12)17)10-4-3-5-11(10)16(20)18-15/h6-8,10-11H,3-5H2,1-2H3,(H,18,20). The van der Waals surface area contributed by atoms with Gasteiger partial charge in [0.05, 0.1) is 0 Å². The van der Waals surface area contributed by atoms with Crippen LogP contribution in [0.25, 0.3) is 0 Å². The Labute approximate surface area is 128 Å². The monoisotopic (exact) mass is 307 g/mol. The van der Waals surface area contributed by atoms with E-state index in [9.17, 15) is 9.59 Å². The second-order valence-corrected chi connectivity index (χ2v) is 6.25. The highest BCUT2D eigenvalue weighted by molar-refractivity contribution is 6.31. The van der Waals surface area contributed by atoms with Crippen molar-refractivity contribution in [3.05, 3.63) is 28.3 Å². The van der Waals surface area contributed by atoms with Crippen LogP contribution in [0.1, 0.15) is 56.3 Å². The minimum absolute atomic E-state index is 0.0744. The largest absolute Gasteiger partial charge is 0.458 e. The molecule has 112 valence electrons.